The number of unbranched alkanes of at least 4 members (excludes halogenated alkanes) is 12. The Bertz CT molecular complexity index is 1700. The Labute approximate surface area is 421 Å². The van der Waals surface area contributed by atoms with E-state index in [4.69, 9.17) is 14.2 Å². The maximum absolute atomic E-state index is 12.8. The first-order valence-corrected chi connectivity index (χ1v) is 26.4. The first-order valence-electron chi connectivity index (χ1n) is 26.4. The second kappa shape index (κ2) is 55.1. The summed E-state index contributed by atoms with van der Waals surface area (Å²) in [6, 6.07) is 0. The lowest BCUT2D eigenvalue weighted by Crippen LogP contribution is -2.30. The molecular formula is C63H92O6. The molecule has 0 amide bonds. The van der Waals surface area contributed by atoms with E-state index in [0.29, 0.717) is 6.42 Å². The third-order valence-electron chi connectivity index (χ3n) is 10.2. The molecule has 0 radical (unpaired) electrons. The largest absolute Gasteiger partial charge is 0.462 e. The van der Waals surface area contributed by atoms with Crippen LogP contribution in [0.1, 0.15) is 175 Å². The lowest BCUT2D eigenvalue weighted by molar-refractivity contribution is -0.167. The summed E-state index contributed by atoms with van der Waals surface area (Å²) in [4.78, 5) is 38.1. The van der Waals surface area contributed by atoms with Gasteiger partial charge in [-0.1, -0.05) is 242 Å². The molecule has 0 saturated heterocycles. The molecule has 0 aliphatic carbocycles. The Morgan fingerprint density at radius 1 is 0.304 bits per heavy atom. The first-order chi connectivity index (χ1) is 34.0. The monoisotopic (exact) mass is 945 g/mol. The molecule has 0 aromatic carbocycles. The minimum absolute atomic E-state index is 0.130. The molecule has 0 bridgehead atoms. The molecule has 69 heavy (non-hydrogen) atoms. The van der Waals surface area contributed by atoms with Crippen molar-refractivity contribution in [1.29, 1.82) is 0 Å². The first kappa shape index (κ1) is 63.5. The molecule has 0 aromatic rings. The van der Waals surface area contributed by atoms with Crippen molar-refractivity contribution in [2.45, 2.75) is 181 Å². The molecule has 1 atom stereocenters. The molecule has 380 valence electrons. The second-order valence-corrected chi connectivity index (χ2v) is 16.6. The summed E-state index contributed by atoms with van der Waals surface area (Å²) in [5.74, 6) is -1.04. The van der Waals surface area contributed by atoms with Crippen LogP contribution in [0.2, 0.25) is 0 Å². The van der Waals surface area contributed by atoms with Gasteiger partial charge in [-0.25, -0.2) is 0 Å². The van der Waals surface area contributed by atoms with Crippen molar-refractivity contribution in [1.82, 2.24) is 0 Å². The highest BCUT2D eigenvalue weighted by Gasteiger charge is 2.19. The third-order valence-corrected chi connectivity index (χ3v) is 10.2. The van der Waals surface area contributed by atoms with Crippen LogP contribution in [0, 0.1) is 0 Å². The highest BCUT2D eigenvalue weighted by atomic mass is 16.6. The van der Waals surface area contributed by atoms with E-state index in [2.05, 4.69) is 93.7 Å². The molecule has 0 spiro atoms. The summed E-state index contributed by atoms with van der Waals surface area (Å²) in [5.41, 5.74) is 0. The van der Waals surface area contributed by atoms with Crippen LogP contribution in [0.4, 0.5) is 0 Å². The Morgan fingerprint density at radius 2 is 0.594 bits per heavy atom. The van der Waals surface area contributed by atoms with Gasteiger partial charge in [-0.3, -0.25) is 14.4 Å². The van der Waals surface area contributed by atoms with Crippen LogP contribution in [0.3, 0.4) is 0 Å². The molecule has 6 nitrogen and oxygen atoms in total. The van der Waals surface area contributed by atoms with Crippen molar-refractivity contribution in [3.63, 3.8) is 0 Å². The van der Waals surface area contributed by atoms with Crippen LogP contribution in [-0.2, 0) is 28.6 Å². The third kappa shape index (κ3) is 53.3. The van der Waals surface area contributed by atoms with Crippen LogP contribution in [0.5, 0.6) is 0 Å². The molecule has 0 saturated carbocycles. The molecule has 0 aliphatic heterocycles. The van der Waals surface area contributed by atoms with Gasteiger partial charge in [0, 0.05) is 19.3 Å². The number of carbonyl (C=O) groups is 3. The fourth-order valence-electron chi connectivity index (χ4n) is 6.31. The normalized spacial score (nSPS) is 13.6. The lowest BCUT2D eigenvalue weighted by atomic mass is 10.1. The summed E-state index contributed by atoms with van der Waals surface area (Å²) in [5, 5.41) is 0. The number of hydrogen-bond acceptors (Lipinski definition) is 6. The minimum Gasteiger partial charge on any atom is -0.462 e. The molecule has 0 heterocycles. The number of hydrogen-bond donors (Lipinski definition) is 0. The Kier molecular flexibility index (Phi) is 50.7. The van der Waals surface area contributed by atoms with Crippen LogP contribution in [-0.4, -0.2) is 37.2 Å². The van der Waals surface area contributed by atoms with Crippen LogP contribution >= 0.6 is 0 Å². The van der Waals surface area contributed by atoms with Gasteiger partial charge in [0.2, 0.25) is 0 Å². The van der Waals surface area contributed by atoms with Crippen molar-refractivity contribution < 1.29 is 28.6 Å². The van der Waals surface area contributed by atoms with E-state index in [0.717, 1.165) is 116 Å². The zero-order valence-electron chi connectivity index (χ0n) is 43.2. The van der Waals surface area contributed by atoms with Gasteiger partial charge in [0.15, 0.2) is 6.10 Å². The molecular weight excluding hydrogens is 853 g/mol. The molecule has 0 aromatic heterocycles. The predicted molar refractivity (Wildman–Crippen MR) is 297 cm³/mol. The van der Waals surface area contributed by atoms with E-state index in [9.17, 15) is 14.4 Å². The summed E-state index contributed by atoms with van der Waals surface area (Å²) in [6.45, 7) is 6.12. The number of esters is 3. The smallest absolute Gasteiger partial charge is 0.306 e. The van der Waals surface area contributed by atoms with Crippen molar-refractivity contribution in [2.24, 2.45) is 0 Å². The maximum Gasteiger partial charge on any atom is 0.306 e. The van der Waals surface area contributed by atoms with Crippen LogP contribution < -0.4 is 0 Å². The highest BCUT2D eigenvalue weighted by Crippen LogP contribution is 2.12. The quantitative estimate of drug-likeness (QED) is 0.0199. The van der Waals surface area contributed by atoms with Gasteiger partial charge < -0.3 is 14.2 Å². The van der Waals surface area contributed by atoms with E-state index >= 15 is 0 Å². The van der Waals surface area contributed by atoms with Gasteiger partial charge in [-0.2, -0.15) is 0 Å². The molecule has 0 N–H and O–H groups in total. The van der Waals surface area contributed by atoms with E-state index in [-0.39, 0.29) is 50.4 Å². The zero-order valence-corrected chi connectivity index (χ0v) is 43.2. The minimum atomic E-state index is -0.833. The molecule has 6 heteroatoms. The van der Waals surface area contributed by atoms with E-state index in [1.165, 1.54) is 12.8 Å². The Balaban J connectivity index is 4.61. The second-order valence-electron chi connectivity index (χ2n) is 16.6. The number of ether oxygens (including phenoxy) is 3. The van der Waals surface area contributed by atoms with Gasteiger partial charge in [0.1, 0.15) is 13.2 Å². The maximum atomic E-state index is 12.8. The molecule has 1 unspecified atom stereocenters. The highest BCUT2D eigenvalue weighted by molar-refractivity contribution is 5.71. The number of allylic oxidation sites excluding steroid dienone is 30. The van der Waals surface area contributed by atoms with Gasteiger partial charge in [-0.05, 0) is 96.3 Å². The number of rotatable bonds is 44. The average Bonchev–Trinajstić information content (AvgIpc) is 3.35. The van der Waals surface area contributed by atoms with Gasteiger partial charge in [0.25, 0.3) is 0 Å². The van der Waals surface area contributed by atoms with E-state index < -0.39 is 6.10 Å². The molecule has 0 fully saturated rings. The number of carbonyl (C=O) groups excluding carboxylic acids is 3. The van der Waals surface area contributed by atoms with Crippen molar-refractivity contribution in [3.8, 4) is 0 Å². The standard InChI is InChI=1S/C63H92O6/c1-4-7-10-13-16-19-22-25-27-29-31-33-35-38-41-44-47-50-53-56-62(65)68-59-60(58-67-61(64)55-52-49-46-43-40-37-24-21-18-15-12-9-6-3)69-63(66)57-54-51-48-45-42-39-36-34-32-30-28-26-23-20-17-14-11-8-5-2/h7-13,15-22,24-29,31-35,37-38,40-41,60H,4-6,14,23,30,36,39,42-59H2,1-3H3/b10-7-,11-8-,12-9-,16-13-,18-15-,20-17-,22-19-,24-21-,27-25-,28-26-,31-29+,34-32-,35-33-,40-37-,41-38-. The molecule has 0 rings (SSSR count). The van der Waals surface area contributed by atoms with Gasteiger partial charge in [-0.15, -0.1) is 0 Å². The zero-order chi connectivity index (χ0) is 50.0. The predicted octanol–water partition coefficient (Wildman–Crippen LogP) is 17.7. The van der Waals surface area contributed by atoms with E-state index in [1.807, 2.05) is 109 Å². The summed E-state index contributed by atoms with van der Waals surface area (Å²) < 4.78 is 16.7. The molecule has 0 aliphatic rings. The summed E-state index contributed by atoms with van der Waals surface area (Å²) >= 11 is 0. The fourth-order valence-corrected chi connectivity index (χ4v) is 6.31. The fraction of sp³-hybridized carbons (Fsp3) is 0.476. The van der Waals surface area contributed by atoms with Gasteiger partial charge in [0.05, 0.1) is 0 Å². The van der Waals surface area contributed by atoms with Gasteiger partial charge >= 0.3 is 17.9 Å². The van der Waals surface area contributed by atoms with Crippen LogP contribution in [0.25, 0.3) is 0 Å². The topological polar surface area (TPSA) is 78.9 Å². The van der Waals surface area contributed by atoms with Crippen molar-refractivity contribution >= 4 is 17.9 Å². The van der Waals surface area contributed by atoms with E-state index in [1.54, 1.807) is 0 Å². The average molecular weight is 945 g/mol. The SMILES string of the molecule is CC\C=C/C=C\C=C/C=C\C=C\C=C/C=C\CCCCCC(=O)OCC(COC(=O)CCCCC\C=C/C=C\C=C/C=C\CC)OC(=O)CCCCCCCC/C=C\C/C=C\C/C=C\C/C=C\CC. The Hall–Kier alpha value is -5.49. The summed E-state index contributed by atoms with van der Waals surface area (Å²) in [7, 11) is 0. The van der Waals surface area contributed by atoms with Crippen molar-refractivity contribution in [2.75, 3.05) is 13.2 Å². The summed E-state index contributed by atoms with van der Waals surface area (Å²) in [6.07, 6.45) is 83.0. The lowest BCUT2D eigenvalue weighted by Gasteiger charge is -2.18. The van der Waals surface area contributed by atoms with Crippen molar-refractivity contribution in [3.05, 3.63) is 182 Å². The van der Waals surface area contributed by atoms with Crippen LogP contribution in [0.15, 0.2) is 182 Å². The Morgan fingerprint density at radius 3 is 1.00 bits per heavy atom.